The molecule has 5 atom stereocenters. The molecule has 5 unspecified atom stereocenters. The van der Waals surface area contributed by atoms with E-state index in [0.717, 1.165) is 29.6 Å². The quantitative estimate of drug-likeness (QED) is 0.576. The smallest absolute Gasteiger partial charge is 0.0360 e. The highest BCUT2D eigenvalue weighted by Gasteiger charge is 2.33. The van der Waals surface area contributed by atoms with Crippen LogP contribution >= 0.6 is 0 Å². The van der Waals surface area contributed by atoms with Gasteiger partial charge in [0.25, 0.3) is 0 Å². The fourth-order valence-corrected chi connectivity index (χ4v) is 4.26. The summed E-state index contributed by atoms with van der Waals surface area (Å²) >= 11 is 0. The number of hydrogen-bond donors (Lipinski definition) is 0. The Labute approximate surface area is 95.8 Å². The maximum absolute atomic E-state index is 2.51. The predicted octanol–water partition coefficient (Wildman–Crippen LogP) is 4.89. The molecule has 0 aliphatic heterocycles. The van der Waals surface area contributed by atoms with Crippen LogP contribution in [0.4, 0.5) is 0 Å². The lowest BCUT2D eigenvalue weighted by Gasteiger charge is -2.41. The van der Waals surface area contributed by atoms with Crippen LogP contribution in [0, 0.1) is 29.6 Å². The van der Waals surface area contributed by atoms with Crippen molar-refractivity contribution in [2.45, 2.75) is 65.7 Å². The van der Waals surface area contributed by atoms with E-state index < -0.39 is 0 Å². The largest absolute Gasteiger partial charge is 0.0625 e. The van der Waals surface area contributed by atoms with Crippen molar-refractivity contribution < 1.29 is 0 Å². The van der Waals surface area contributed by atoms with E-state index in [9.17, 15) is 0 Å². The van der Waals surface area contributed by atoms with Crippen molar-refractivity contribution in [3.63, 3.8) is 0 Å². The van der Waals surface area contributed by atoms with Gasteiger partial charge in [-0.2, -0.15) is 0 Å². The van der Waals surface area contributed by atoms with E-state index in [-0.39, 0.29) is 0 Å². The molecule has 0 heterocycles. The van der Waals surface area contributed by atoms with Gasteiger partial charge in [0.05, 0.1) is 0 Å². The lowest BCUT2D eigenvalue weighted by atomic mass is 9.65. The van der Waals surface area contributed by atoms with Crippen LogP contribution in [0.1, 0.15) is 65.7 Å². The zero-order valence-electron chi connectivity index (χ0n) is 10.8. The van der Waals surface area contributed by atoms with Crippen molar-refractivity contribution in [2.24, 2.45) is 29.6 Å². The maximum atomic E-state index is 2.51. The van der Waals surface area contributed by atoms with E-state index in [1.807, 2.05) is 0 Å². The molecule has 88 valence electrons. The Hall–Kier alpha value is 0. The molecule has 0 amide bonds. The topological polar surface area (TPSA) is 0 Å². The first-order valence-corrected chi connectivity index (χ1v) is 7.16. The summed E-state index contributed by atoms with van der Waals surface area (Å²) in [7, 11) is 0. The third kappa shape index (κ3) is 2.77. The first kappa shape index (κ1) is 11.5. The normalized spacial score (nSPS) is 47.8. The maximum Gasteiger partial charge on any atom is -0.0360 e. The molecule has 0 bridgehead atoms. The zero-order chi connectivity index (χ0) is 10.8. The summed E-state index contributed by atoms with van der Waals surface area (Å²) in [6, 6.07) is 0. The Morgan fingerprint density at radius 2 is 1.47 bits per heavy atom. The Morgan fingerprint density at radius 1 is 0.733 bits per heavy atom. The molecule has 0 heteroatoms. The number of rotatable bonds is 1. The molecule has 0 radical (unpaired) electrons. The van der Waals surface area contributed by atoms with Crippen LogP contribution in [0.2, 0.25) is 0 Å². The highest BCUT2D eigenvalue weighted by Crippen LogP contribution is 2.44. The molecule has 2 aliphatic rings. The lowest BCUT2D eigenvalue weighted by molar-refractivity contribution is 0.0996. The summed E-state index contributed by atoms with van der Waals surface area (Å²) in [6.45, 7) is 7.41. The third-order valence-corrected chi connectivity index (χ3v) is 5.08. The van der Waals surface area contributed by atoms with Crippen LogP contribution < -0.4 is 0 Å². The average molecular weight is 208 g/mol. The first-order valence-electron chi connectivity index (χ1n) is 7.16. The van der Waals surface area contributed by atoms with E-state index in [2.05, 4.69) is 20.8 Å². The van der Waals surface area contributed by atoms with Gasteiger partial charge in [-0.1, -0.05) is 46.5 Å². The molecule has 2 saturated carbocycles. The van der Waals surface area contributed by atoms with Gasteiger partial charge in [0.15, 0.2) is 0 Å². The molecule has 2 fully saturated rings. The zero-order valence-corrected chi connectivity index (χ0v) is 10.8. The second kappa shape index (κ2) is 4.89. The summed E-state index contributed by atoms with van der Waals surface area (Å²) in [5.41, 5.74) is 0. The second-order valence-electron chi connectivity index (χ2n) is 6.59. The van der Waals surface area contributed by atoms with Gasteiger partial charge in [-0.25, -0.2) is 0 Å². The summed E-state index contributed by atoms with van der Waals surface area (Å²) in [4.78, 5) is 0. The van der Waals surface area contributed by atoms with Crippen molar-refractivity contribution in [2.75, 3.05) is 0 Å². The summed E-state index contributed by atoms with van der Waals surface area (Å²) in [5.74, 6) is 5.16. The third-order valence-electron chi connectivity index (χ3n) is 5.08. The summed E-state index contributed by atoms with van der Waals surface area (Å²) in [5, 5.41) is 0. The van der Waals surface area contributed by atoms with Crippen LogP contribution in [0.15, 0.2) is 0 Å². The molecule has 0 nitrogen and oxygen atoms in total. The lowest BCUT2D eigenvalue weighted by Crippen LogP contribution is -2.30. The molecule has 0 aromatic carbocycles. The Bertz CT molecular complexity index is 196. The van der Waals surface area contributed by atoms with E-state index in [1.54, 1.807) is 0 Å². The molecular weight excluding hydrogens is 180 g/mol. The minimum Gasteiger partial charge on any atom is -0.0625 e. The van der Waals surface area contributed by atoms with Crippen LogP contribution in [-0.4, -0.2) is 0 Å². The summed E-state index contributed by atoms with van der Waals surface area (Å²) < 4.78 is 0. The minimum atomic E-state index is 0.997. The van der Waals surface area contributed by atoms with Gasteiger partial charge >= 0.3 is 0 Å². The van der Waals surface area contributed by atoms with Gasteiger partial charge in [-0.3, -0.25) is 0 Å². The number of hydrogen-bond acceptors (Lipinski definition) is 0. The van der Waals surface area contributed by atoms with Crippen molar-refractivity contribution in [1.29, 1.82) is 0 Å². The fraction of sp³-hybridized carbons (Fsp3) is 1.00. The average Bonchev–Trinajstić information content (AvgIpc) is 2.17. The van der Waals surface area contributed by atoms with Gasteiger partial charge in [0, 0.05) is 0 Å². The van der Waals surface area contributed by atoms with E-state index in [4.69, 9.17) is 0 Å². The highest BCUT2D eigenvalue weighted by molar-refractivity contribution is 4.84. The first-order chi connectivity index (χ1) is 7.16. The molecule has 0 saturated heterocycles. The van der Waals surface area contributed by atoms with E-state index >= 15 is 0 Å². The van der Waals surface area contributed by atoms with Crippen molar-refractivity contribution in [3.05, 3.63) is 0 Å². The van der Waals surface area contributed by atoms with Crippen LogP contribution in [-0.2, 0) is 0 Å². The summed E-state index contributed by atoms with van der Waals surface area (Å²) in [6.07, 6.45) is 10.6. The van der Waals surface area contributed by atoms with Gasteiger partial charge in [0.2, 0.25) is 0 Å². The Morgan fingerprint density at radius 3 is 2.13 bits per heavy atom. The minimum absolute atomic E-state index is 0.997. The molecule has 2 aliphatic carbocycles. The van der Waals surface area contributed by atoms with Crippen LogP contribution in [0.3, 0.4) is 0 Å². The van der Waals surface area contributed by atoms with Crippen molar-refractivity contribution in [1.82, 2.24) is 0 Å². The molecule has 0 spiro atoms. The monoisotopic (exact) mass is 208 g/mol. The van der Waals surface area contributed by atoms with Gasteiger partial charge < -0.3 is 0 Å². The molecular formula is C15H28. The molecule has 15 heavy (non-hydrogen) atoms. The van der Waals surface area contributed by atoms with Crippen molar-refractivity contribution in [3.8, 4) is 0 Å². The van der Waals surface area contributed by atoms with E-state index in [0.29, 0.717) is 0 Å². The van der Waals surface area contributed by atoms with E-state index in [1.165, 1.54) is 44.9 Å². The molecule has 0 N–H and O–H groups in total. The van der Waals surface area contributed by atoms with Gasteiger partial charge in [0.1, 0.15) is 0 Å². The molecule has 0 aromatic rings. The predicted molar refractivity (Wildman–Crippen MR) is 66.8 cm³/mol. The van der Waals surface area contributed by atoms with Gasteiger partial charge in [-0.15, -0.1) is 0 Å². The SMILES string of the molecule is CC1CCC(C2CCCC(C)C2)C(C)C1. The van der Waals surface area contributed by atoms with Crippen molar-refractivity contribution >= 4 is 0 Å². The van der Waals surface area contributed by atoms with Gasteiger partial charge in [-0.05, 0) is 48.9 Å². The second-order valence-corrected chi connectivity index (χ2v) is 6.59. The standard InChI is InChI=1S/C15H28/c1-11-5-4-6-14(10-11)15-8-7-12(2)9-13(15)3/h11-15H,4-10H2,1-3H3. The highest BCUT2D eigenvalue weighted by atomic mass is 14.4. The van der Waals surface area contributed by atoms with Crippen LogP contribution in [0.25, 0.3) is 0 Å². The molecule has 2 rings (SSSR count). The fourth-order valence-electron chi connectivity index (χ4n) is 4.26. The Balaban J connectivity index is 1.91. The molecule has 0 aromatic heterocycles. The van der Waals surface area contributed by atoms with Crippen LogP contribution in [0.5, 0.6) is 0 Å². The Kier molecular flexibility index (Phi) is 3.74.